The Labute approximate surface area is 227 Å². The molecular weight excluding hydrogens is 525 g/mol. The van der Waals surface area contributed by atoms with Crippen LogP contribution in [0.5, 0.6) is 0 Å². The molecule has 40 heavy (non-hydrogen) atoms. The van der Waals surface area contributed by atoms with Gasteiger partial charge in [0.15, 0.2) is 5.69 Å². The number of nitrogens with one attached hydrogen (secondary N) is 3. The number of carbonyl (C=O) groups excluding carboxylic acids is 1. The second kappa shape index (κ2) is 10.5. The first-order chi connectivity index (χ1) is 19.0. The minimum Gasteiger partial charge on any atom is -0.476 e. The van der Waals surface area contributed by atoms with Crippen molar-refractivity contribution in [2.45, 2.75) is 13.1 Å². The number of carboxylic acid groups (broad SMARTS) is 1. The number of fused-ring (bicyclic) bond motifs is 1. The van der Waals surface area contributed by atoms with E-state index in [1.165, 1.54) is 12.1 Å². The summed E-state index contributed by atoms with van der Waals surface area (Å²) in [7, 11) is 1.93. The Morgan fingerprint density at radius 2 is 1.62 bits per heavy atom. The van der Waals surface area contributed by atoms with Gasteiger partial charge in [0.05, 0.1) is 11.1 Å². The molecule has 0 saturated carbocycles. The van der Waals surface area contributed by atoms with Crippen molar-refractivity contribution < 1.29 is 27.9 Å². The van der Waals surface area contributed by atoms with E-state index in [-0.39, 0.29) is 17.1 Å². The smallest absolute Gasteiger partial charge is 0.418 e. The Bertz CT molecular complexity index is 1590. The number of alkyl halides is 3. The van der Waals surface area contributed by atoms with Crippen LogP contribution in [0.4, 0.5) is 35.0 Å². The highest BCUT2D eigenvalue weighted by Gasteiger charge is 2.36. The van der Waals surface area contributed by atoms with Gasteiger partial charge >= 0.3 is 18.2 Å². The van der Waals surface area contributed by atoms with Crippen molar-refractivity contribution in [2.24, 2.45) is 0 Å². The molecule has 2 heterocycles. The van der Waals surface area contributed by atoms with E-state index in [1.807, 2.05) is 14.0 Å². The number of likely N-dealkylation sites (N-methyl/N-ethyl adjacent to an activating group) is 1. The molecule has 4 aromatic rings. The number of piperazine rings is 1. The molecule has 0 unspecified atom stereocenters. The number of urea groups is 1. The van der Waals surface area contributed by atoms with E-state index >= 15 is 0 Å². The van der Waals surface area contributed by atoms with Gasteiger partial charge in [-0.05, 0) is 73.1 Å². The summed E-state index contributed by atoms with van der Waals surface area (Å²) >= 11 is 0. The molecular formula is C28H27F3N6O3. The summed E-state index contributed by atoms with van der Waals surface area (Å²) in [6, 6.07) is 13.5. The van der Waals surface area contributed by atoms with Crippen molar-refractivity contribution in [1.29, 1.82) is 0 Å². The molecule has 4 N–H and O–H groups in total. The highest BCUT2D eigenvalue weighted by atomic mass is 19.4. The highest BCUT2D eigenvalue weighted by molar-refractivity contribution is 6.02. The number of carboxylic acids is 1. The fourth-order valence-corrected chi connectivity index (χ4v) is 4.82. The van der Waals surface area contributed by atoms with Crippen LogP contribution in [-0.2, 0) is 6.18 Å². The Hall–Kier alpha value is -4.58. The molecule has 5 rings (SSSR count). The number of benzene rings is 3. The van der Waals surface area contributed by atoms with Gasteiger partial charge in [0.1, 0.15) is 0 Å². The lowest BCUT2D eigenvalue weighted by atomic mass is 9.98. The van der Waals surface area contributed by atoms with E-state index in [4.69, 9.17) is 0 Å². The number of hydrogen-bond acceptors (Lipinski definition) is 5. The molecule has 0 radical (unpaired) electrons. The summed E-state index contributed by atoms with van der Waals surface area (Å²) in [4.78, 5) is 27.9. The molecule has 1 fully saturated rings. The number of aromatic amines is 1. The third-order valence-electron chi connectivity index (χ3n) is 6.98. The van der Waals surface area contributed by atoms with E-state index in [0.29, 0.717) is 42.8 Å². The molecule has 208 valence electrons. The first kappa shape index (κ1) is 27.0. The number of aromatic nitrogens is 2. The number of nitrogens with zero attached hydrogens (tertiary/aromatic N) is 3. The first-order valence-corrected chi connectivity index (χ1v) is 12.5. The minimum absolute atomic E-state index is 0.0222. The fourth-order valence-electron chi connectivity index (χ4n) is 4.82. The molecule has 1 saturated heterocycles. The normalized spacial score (nSPS) is 14.4. The molecule has 0 spiro atoms. The Kier molecular flexibility index (Phi) is 7.11. The van der Waals surface area contributed by atoms with Gasteiger partial charge in [-0.3, -0.25) is 5.10 Å². The molecule has 0 aliphatic carbocycles. The first-order valence-electron chi connectivity index (χ1n) is 12.5. The number of H-pyrrole nitrogens is 1. The average Bonchev–Trinajstić information content (AvgIpc) is 3.33. The zero-order valence-corrected chi connectivity index (χ0v) is 21.8. The van der Waals surface area contributed by atoms with Crippen molar-refractivity contribution >= 4 is 40.0 Å². The molecule has 1 aliphatic rings. The number of halogens is 3. The zero-order valence-electron chi connectivity index (χ0n) is 21.8. The molecule has 2 amide bonds. The van der Waals surface area contributed by atoms with E-state index in [0.717, 1.165) is 22.8 Å². The largest absolute Gasteiger partial charge is 0.476 e. The van der Waals surface area contributed by atoms with E-state index in [1.54, 1.807) is 41.3 Å². The van der Waals surface area contributed by atoms with Crippen molar-refractivity contribution in [3.63, 3.8) is 0 Å². The fraction of sp³-hybridized carbons (Fsp3) is 0.250. The molecule has 12 heteroatoms. The van der Waals surface area contributed by atoms with E-state index in [2.05, 4.69) is 25.7 Å². The number of aromatic carboxylic acids is 1. The van der Waals surface area contributed by atoms with Crippen LogP contribution in [0.15, 0.2) is 54.6 Å². The van der Waals surface area contributed by atoms with Gasteiger partial charge in [-0.15, -0.1) is 0 Å². The molecule has 1 aromatic heterocycles. The van der Waals surface area contributed by atoms with E-state index in [9.17, 15) is 27.9 Å². The van der Waals surface area contributed by atoms with Gasteiger partial charge in [-0.25, -0.2) is 9.59 Å². The van der Waals surface area contributed by atoms with Crippen molar-refractivity contribution in [2.75, 3.05) is 48.8 Å². The van der Waals surface area contributed by atoms with Crippen LogP contribution in [0.25, 0.3) is 22.0 Å². The summed E-state index contributed by atoms with van der Waals surface area (Å²) in [5, 5.41) is 21.5. The molecule has 0 bridgehead atoms. The number of aryl methyl sites for hydroxylation is 1. The van der Waals surface area contributed by atoms with Crippen molar-refractivity contribution in [3.8, 4) is 11.1 Å². The van der Waals surface area contributed by atoms with Crippen molar-refractivity contribution in [1.82, 2.24) is 15.1 Å². The van der Waals surface area contributed by atoms with Gasteiger partial charge in [0, 0.05) is 48.6 Å². The maximum absolute atomic E-state index is 13.9. The lowest BCUT2D eigenvalue weighted by Crippen LogP contribution is -2.45. The van der Waals surface area contributed by atoms with Gasteiger partial charge in [-0.1, -0.05) is 12.1 Å². The Morgan fingerprint density at radius 1 is 0.950 bits per heavy atom. The van der Waals surface area contributed by atoms with Gasteiger partial charge in [-0.2, -0.15) is 18.3 Å². The average molecular weight is 553 g/mol. The predicted molar refractivity (Wildman–Crippen MR) is 147 cm³/mol. The summed E-state index contributed by atoms with van der Waals surface area (Å²) in [5.41, 5.74) is 2.67. The van der Waals surface area contributed by atoms with Gasteiger partial charge in [0.25, 0.3) is 0 Å². The van der Waals surface area contributed by atoms with Crippen LogP contribution < -0.4 is 15.5 Å². The van der Waals surface area contributed by atoms with Crippen LogP contribution in [0.2, 0.25) is 0 Å². The lowest BCUT2D eigenvalue weighted by Gasteiger charge is -2.35. The molecule has 1 aliphatic heterocycles. The zero-order chi connectivity index (χ0) is 28.6. The summed E-state index contributed by atoms with van der Waals surface area (Å²) in [6.07, 6.45) is -4.58. The van der Waals surface area contributed by atoms with E-state index < -0.39 is 23.7 Å². The monoisotopic (exact) mass is 552 g/mol. The topological polar surface area (TPSA) is 114 Å². The Balaban J connectivity index is 1.34. The Morgan fingerprint density at radius 3 is 2.30 bits per heavy atom. The number of carbonyl (C=O) groups is 2. The van der Waals surface area contributed by atoms with Crippen LogP contribution >= 0.6 is 0 Å². The second-order valence-corrected chi connectivity index (χ2v) is 9.77. The summed E-state index contributed by atoms with van der Waals surface area (Å²) in [5.74, 6) is -1.14. The predicted octanol–water partition coefficient (Wildman–Crippen LogP) is 5.65. The van der Waals surface area contributed by atoms with Gasteiger partial charge < -0.3 is 25.5 Å². The number of anilines is 3. The van der Waals surface area contributed by atoms with Crippen LogP contribution in [0.1, 0.15) is 21.6 Å². The molecule has 3 aromatic carbocycles. The number of rotatable bonds is 5. The lowest BCUT2D eigenvalue weighted by molar-refractivity contribution is -0.137. The van der Waals surface area contributed by atoms with Crippen molar-refractivity contribution in [3.05, 3.63) is 71.4 Å². The standard InChI is InChI=1S/C28H27F3N6O3/c1-16-3-5-18(14-21(16)17-4-7-20-23(13-17)34-35-25(20)26(38)39)32-27(40)33-19-6-8-24(22(15-19)28(29,30)31)37-11-9-36(2)10-12-37/h3-8,13-15H,9-12H2,1-2H3,(H,34,35)(H,38,39)(H2,32,33,40). The number of hydrogen-bond donors (Lipinski definition) is 4. The molecule has 0 atom stereocenters. The number of amides is 2. The summed E-state index contributed by atoms with van der Waals surface area (Å²) in [6.45, 7) is 4.18. The van der Waals surface area contributed by atoms with Crippen LogP contribution in [-0.4, -0.2) is 65.4 Å². The highest BCUT2D eigenvalue weighted by Crippen LogP contribution is 2.39. The van der Waals surface area contributed by atoms with Crippen LogP contribution in [0.3, 0.4) is 0 Å². The maximum atomic E-state index is 13.9. The van der Waals surface area contributed by atoms with Gasteiger partial charge in [0.2, 0.25) is 0 Å². The molecule has 9 nitrogen and oxygen atoms in total. The quantitative estimate of drug-likeness (QED) is 0.255. The third-order valence-corrected chi connectivity index (χ3v) is 6.98. The van der Waals surface area contributed by atoms with Crippen LogP contribution in [0, 0.1) is 6.92 Å². The minimum atomic E-state index is -4.58. The maximum Gasteiger partial charge on any atom is 0.418 e. The third kappa shape index (κ3) is 5.57. The SMILES string of the molecule is Cc1ccc(NC(=O)Nc2ccc(N3CCN(C)CC3)c(C(F)(F)F)c2)cc1-c1ccc2c(C(=O)O)n[nH]c2c1. The second-order valence-electron chi connectivity index (χ2n) is 9.77. The summed E-state index contributed by atoms with van der Waals surface area (Å²) < 4.78 is 41.8.